The first-order valence-corrected chi connectivity index (χ1v) is 6.80. The molecule has 1 saturated heterocycles. The Morgan fingerprint density at radius 2 is 2.22 bits per heavy atom. The van der Waals surface area contributed by atoms with Gasteiger partial charge in [-0.25, -0.2) is 0 Å². The van der Waals surface area contributed by atoms with Gasteiger partial charge in [0.25, 0.3) is 0 Å². The first-order valence-electron chi connectivity index (χ1n) is 6.80. The van der Waals surface area contributed by atoms with Gasteiger partial charge in [-0.15, -0.1) is 0 Å². The summed E-state index contributed by atoms with van der Waals surface area (Å²) in [5.74, 6) is -0.848. The van der Waals surface area contributed by atoms with Crippen molar-refractivity contribution in [1.29, 1.82) is 0 Å². The Hall–Kier alpha value is -0.650. The third-order valence-electron chi connectivity index (χ3n) is 3.54. The van der Waals surface area contributed by atoms with E-state index in [0.717, 1.165) is 32.3 Å². The minimum atomic E-state index is -0.976. The molecule has 0 amide bonds. The zero-order valence-electron chi connectivity index (χ0n) is 11.0. The van der Waals surface area contributed by atoms with Crippen molar-refractivity contribution in [3.8, 4) is 0 Å². The Labute approximate surface area is 108 Å². The number of rotatable bonds is 7. The maximum atomic E-state index is 11.3. The minimum absolute atomic E-state index is 0.137. The summed E-state index contributed by atoms with van der Waals surface area (Å²) in [6, 6.07) is 0.348. The van der Waals surface area contributed by atoms with Crippen molar-refractivity contribution in [3.63, 3.8) is 0 Å². The van der Waals surface area contributed by atoms with Gasteiger partial charge < -0.3 is 14.6 Å². The van der Waals surface area contributed by atoms with Crippen LogP contribution in [-0.4, -0.2) is 48.6 Å². The molecule has 0 bridgehead atoms. The molecule has 0 aromatic carbocycles. The summed E-state index contributed by atoms with van der Waals surface area (Å²) in [6.45, 7) is 3.17. The number of carbonyl (C=O) groups is 1. The average molecular weight is 257 g/mol. The number of nitrogens with one attached hydrogen (secondary N) is 1. The molecular weight excluding hydrogens is 234 g/mol. The number of hydrogen-bond acceptors (Lipinski definition) is 4. The van der Waals surface area contributed by atoms with Gasteiger partial charge in [0.15, 0.2) is 0 Å². The van der Waals surface area contributed by atoms with Crippen molar-refractivity contribution in [2.75, 3.05) is 19.8 Å². The lowest BCUT2D eigenvalue weighted by molar-refractivity contribution is -0.148. The number of carboxylic acid groups (broad SMARTS) is 1. The number of carboxylic acids is 1. The molecule has 1 aliphatic heterocycles. The van der Waals surface area contributed by atoms with E-state index in [1.165, 1.54) is 6.42 Å². The summed E-state index contributed by atoms with van der Waals surface area (Å²) in [5, 5.41) is 12.4. The first-order chi connectivity index (χ1) is 8.60. The SMILES string of the molecule is CC(COCC1CCCCO1)(NC1CC1)C(=O)O. The molecule has 18 heavy (non-hydrogen) atoms. The van der Waals surface area contributed by atoms with Crippen molar-refractivity contribution in [3.05, 3.63) is 0 Å². The molecule has 0 spiro atoms. The fourth-order valence-electron chi connectivity index (χ4n) is 2.18. The highest BCUT2D eigenvalue weighted by molar-refractivity contribution is 5.78. The maximum Gasteiger partial charge on any atom is 0.326 e. The zero-order chi connectivity index (χ0) is 13.0. The highest BCUT2D eigenvalue weighted by atomic mass is 16.5. The fraction of sp³-hybridized carbons (Fsp3) is 0.923. The van der Waals surface area contributed by atoms with Gasteiger partial charge in [-0.05, 0) is 39.0 Å². The van der Waals surface area contributed by atoms with Crippen LogP contribution >= 0.6 is 0 Å². The van der Waals surface area contributed by atoms with E-state index in [4.69, 9.17) is 9.47 Å². The molecule has 2 unspecified atom stereocenters. The van der Waals surface area contributed by atoms with Gasteiger partial charge in [0.1, 0.15) is 5.54 Å². The number of hydrogen-bond donors (Lipinski definition) is 2. The predicted molar refractivity (Wildman–Crippen MR) is 66.6 cm³/mol. The molecular formula is C13H23NO4. The molecule has 0 aromatic heterocycles. The quantitative estimate of drug-likeness (QED) is 0.716. The number of aliphatic carboxylic acids is 1. The second kappa shape index (κ2) is 5.99. The third kappa shape index (κ3) is 3.93. The van der Waals surface area contributed by atoms with Gasteiger partial charge >= 0.3 is 5.97 Å². The molecule has 1 heterocycles. The van der Waals surface area contributed by atoms with Crippen LogP contribution in [-0.2, 0) is 14.3 Å². The molecule has 5 heteroatoms. The lowest BCUT2D eigenvalue weighted by Crippen LogP contribution is -2.54. The predicted octanol–water partition coefficient (Wildman–Crippen LogP) is 1.17. The van der Waals surface area contributed by atoms with Crippen LogP contribution in [0, 0.1) is 0 Å². The molecule has 0 aromatic rings. The Bertz CT molecular complexity index is 287. The first kappa shape index (κ1) is 13.8. The molecule has 2 fully saturated rings. The summed E-state index contributed by atoms with van der Waals surface area (Å²) >= 11 is 0. The van der Waals surface area contributed by atoms with Crippen LogP contribution in [0.5, 0.6) is 0 Å². The van der Waals surface area contributed by atoms with Crippen molar-refractivity contribution in [2.24, 2.45) is 0 Å². The van der Waals surface area contributed by atoms with Crippen LogP contribution in [0.25, 0.3) is 0 Å². The second-order valence-electron chi connectivity index (χ2n) is 5.56. The highest BCUT2D eigenvalue weighted by Gasteiger charge is 2.39. The van der Waals surface area contributed by atoms with Crippen LogP contribution < -0.4 is 5.32 Å². The van der Waals surface area contributed by atoms with Crippen LogP contribution in [0.1, 0.15) is 39.0 Å². The Kier molecular flexibility index (Phi) is 4.59. The summed E-state index contributed by atoms with van der Waals surface area (Å²) < 4.78 is 11.1. The topological polar surface area (TPSA) is 67.8 Å². The Morgan fingerprint density at radius 1 is 1.44 bits per heavy atom. The maximum absolute atomic E-state index is 11.3. The average Bonchev–Trinajstić information content (AvgIpc) is 3.14. The van der Waals surface area contributed by atoms with Gasteiger partial charge in [-0.2, -0.15) is 0 Å². The molecule has 0 radical (unpaired) electrons. The van der Waals surface area contributed by atoms with E-state index in [-0.39, 0.29) is 12.7 Å². The van der Waals surface area contributed by atoms with E-state index < -0.39 is 11.5 Å². The fourth-order valence-corrected chi connectivity index (χ4v) is 2.18. The van der Waals surface area contributed by atoms with Crippen LogP contribution in [0.4, 0.5) is 0 Å². The van der Waals surface area contributed by atoms with Gasteiger partial charge in [-0.3, -0.25) is 10.1 Å². The summed E-state index contributed by atoms with van der Waals surface area (Å²) in [6.07, 6.45) is 5.57. The van der Waals surface area contributed by atoms with E-state index in [1.54, 1.807) is 6.92 Å². The zero-order valence-corrected chi connectivity index (χ0v) is 11.0. The number of ether oxygens (including phenoxy) is 2. The smallest absolute Gasteiger partial charge is 0.326 e. The summed E-state index contributed by atoms with van der Waals surface area (Å²) in [5.41, 5.74) is -0.976. The van der Waals surface area contributed by atoms with E-state index in [2.05, 4.69) is 5.32 Å². The van der Waals surface area contributed by atoms with Crippen molar-refractivity contribution < 1.29 is 19.4 Å². The molecule has 2 N–H and O–H groups in total. The van der Waals surface area contributed by atoms with Gasteiger partial charge in [0, 0.05) is 12.6 Å². The second-order valence-corrected chi connectivity index (χ2v) is 5.56. The largest absolute Gasteiger partial charge is 0.480 e. The van der Waals surface area contributed by atoms with Gasteiger partial charge in [-0.1, -0.05) is 0 Å². The molecule has 1 aliphatic carbocycles. The highest BCUT2D eigenvalue weighted by Crippen LogP contribution is 2.23. The molecule has 2 atom stereocenters. The van der Waals surface area contributed by atoms with E-state index in [0.29, 0.717) is 12.6 Å². The van der Waals surface area contributed by atoms with E-state index in [9.17, 15) is 9.90 Å². The lowest BCUT2D eigenvalue weighted by atomic mass is 10.0. The summed E-state index contributed by atoms with van der Waals surface area (Å²) in [7, 11) is 0. The van der Waals surface area contributed by atoms with Crippen molar-refractivity contribution >= 4 is 5.97 Å². The Morgan fingerprint density at radius 3 is 2.78 bits per heavy atom. The van der Waals surface area contributed by atoms with Crippen molar-refractivity contribution in [2.45, 2.75) is 56.7 Å². The third-order valence-corrected chi connectivity index (χ3v) is 3.54. The van der Waals surface area contributed by atoms with E-state index >= 15 is 0 Å². The lowest BCUT2D eigenvalue weighted by Gasteiger charge is -2.28. The van der Waals surface area contributed by atoms with Gasteiger partial charge in [0.2, 0.25) is 0 Å². The molecule has 2 aliphatic rings. The van der Waals surface area contributed by atoms with Gasteiger partial charge in [0.05, 0.1) is 19.3 Å². The normalized spacial score (nSPS) is 27.7. The monoisotopic (exact) mass is 257 g/mol. The van der Waals surface area contributed by atoms with Crippen LogP contribution in [0.3, 0.4) is 0 Å². The standard InChI is InChI=1S/C13H23NO4/c1-13(12(15)16,14-10-5-6-10)9-17-8-11-4-2-3-7-18-11/h10-11,14H,2-9H2,1H3,(H,15,16). The van der Waals surface area contributed by atoms with Crippen LogP contribution in [0.15, 0.2) is 0 Å². The minimum Gasteiger partial charge on any atom is -0.480 e. The molecule has 104 valence electrons. The van der Waals surface area contributed by atoms with Crippen molar-refractivity contribution in [1.82, 2.24) is 5.32 Å². The Balaban J connectivity index is 1.72. The summed E-state index contributed by atoms with van der Waals surface area (Å²) in [4.78, 5) is 11.3. The molecule has 2 rings (SSSR count). The molecule has 5 nitrogen and oxygen atoms in total. The van der Waals surface area contributed by atoms with Crippen LogP contribution in [0.2, 0.25) is 0 Å². The van der Waals surface area contributed by atoms with E-state index in [1.807, 2.05) is 0 Å². The molecule has 1 saturated carbocycles.